The van der Waals surface area contributed by atoms with E-state index in [9.17, 15) is 9.59 Å². The molecule has 1 aromatic rings. The number of hydrogen-bond acceptors (Lipinski definition) is 4. The minimum Gasteiger partial charge on any atom is -0.495 e. The van der Waals surface area contributed by atoms with E-state index in [0.29, 0.717) is 5.75 Å². The number of benzene rings is 1. The topological polar surface area (TPSA) is 58.6 Å². The molecule has 1 N–H and O–H groups in total. The average molecular weight is 288 g/mol. The number of amides is 2. The molecule has 2 amide bonds. The van der Waals surface area contributed by atoms with Crippen LogP contribution in [0.1, 0.15) is 32.1 Å². The summed E-state index contributed by atoms with van der Waals surface area (Å²) in [5.74, 6) is 0.522. The number of rotatable bonds is 4. The van der Waals surface area contributed by atoms with E-state index >= 15 is 0 Å². The highest BCUT2D eigenvalue weighted by Gasteiger charge is 2.43. The molecular formula is C16H20N2O3. The Kier molecular flexibility index (Phi) is 3.82. The number of nitrogens with zero attached hydrogens (tertiary/aromatic N) is 1. The number of imide groups is 1. The summed E-state index contributed by atoms with van der Waals surface area (Å²) in [4.78, 5) is 26.2. The minimum absolute atomic E-state index is 0.0562. The Morgan fingerprint density at radius 2 is 1.90 bits per heavy atom. The summed E-state index contributed by atoms with van der Waals surface area (Å²) in [6.07, 6.45) is 4.32. The molecule has 1 aromatic carbocycles. The first-order valence-electron chi connectivity index (χ1n) is 7.46. The number of carbonyl (C=O) groups is 2. The molecule has 0 spiro atoms. The van der Waals surface area contributed by atoms with Gasteiger partial charge in [0, 0.05) is 6.04 Å². The standard InChI is InChI=1S/C16H20N2O3/c1-21-14-9-5-4-8-12(14)17-13-10-15(19)18(16(13)20)11-6-2-3-7-11/h4-5,8-9,11,13,17H,2-3,6-7,10H2,1H3. The lowest BCUT2D eigenvalue weighted by molar-refractivity contribution is -0.141. The van der Waals surface area contributed by atoms with Crippen LogP contribution in [0.2, 0.25) is 0 Å². The van der Waals surface area contributed by atoms with Gasteiger partial charge < -0.3 is 10.1 Å². The first-order chi connectivity index (χ1) is 10.2. The summed E-state index contributed by atoms with van der Waals surface area (Å²) in [6.45, 7) is 0. The summed E-state index contributed by atoms with van der Waals surface area (Å²) >= 11 is 0. The van der Waals surface area contributed by atoms with Gasteiger partial charge in [-0.1, -0.05) is 25.0 Å². The second-order valence-electron chi connectivity index (χ2n) is 5.64. The van der Waals surface area contributed by atoms with Crippen LogP contribution in [0.25, 0.3) is 0 Å². The van der Waals surface area contributed by atoms with Gasteiger partial charge in [-0.3, -0.25) is 14.5 Å². The number of hydrogen-bond donors (Lipinski definition) is 1. The quantitative estimate of drug-likeness (QED) is 0.863. The zero-order valence-corrected chi connectivity index (χ0v) is 12.2. The van der Waals surface area contributed by atoms with Crippen LogP contribution >= 0.6 is 0 Å². The van der Waals surface area contributed by atoms with Crippen LogP contribution in [0.4, 0.5) is 5.69 Å². The molecule has 0 radical (unpaired) electrons. The van der Waals surface area contributed by atoms with Crippen molar-refractivity contribution in [2.45, 2.75) is 44.2 Å². The fraction of sp³-hybridized carbons (Fsp3) is 0.500. The molecule has 0 aromatic heterocycles. The number of methoxy groups -OCH3 is 1. The van der Waals surface area contributed by atoms with E-state index in [4.69, 9.17) is 4.74 Å². The first-order valence-corrected chi connectivity index (χ1v) is 7.46. The first kappa shape index (κ1) is 13.9. The number of ether oxygens (including phenoxy) is 1. The van der Waals surface area contributed by atoms with E-state index < -0.39 is 6.04 Å². The van der Waals surface area contributed by atoms with Crippen LogP contribution in [0.3, 0.4) is 0 Å². The largest absolute Gasteiger partial charge is 0.495 e. The molecule has 1 saturated carbocycles. The molecule has 1 aliphatic carbocycles. The van der Waals surface area contributed by atoms with Crippen LogP contribution in [0, 0.1) is 0 Å². The van der Waals surface area contributed by atoms with Crippen LogP contribution in [0.5, 0.6) is 5.75 Å². The monoisotopic (exact) mass is 288 g/mol. The third-order valence-electron chi connectivity index (χ3n) is 4.31. The number of nitrogens with one attached hydrogen (secondary N) is 1. The number of likely N-dealkylation sites (tertiary alicyclic amines) is 1. The fourth-order valence-corrected chi connectivity index (χ4v) is 3.26. The van der Waals surface area contributed by atoms with Crippen molar-refractivity contribution in [2.75, 3.05) is 12.4 Å². The molecule has 2 fully saturated rings. The number of anilines is 1. The zero-order chi connectivity index (χ0) is 14.8. The van der Waals surface area contributed by atoms with Crippen molar-refractivity contribution in [2.24, 2.45) is 0 Å². The molecule has 1 saturated heterocycles. The van der Waals surface area contributed by atoms with E-state index in [-0.39, 0.29) is 24.3 Å². The summed E-state index contributed by atoms with van der Waals surface area (Å²) in [5, 5.41) is 3.16. The zero-order valence-electron chi connectivity index (χ0n) is 12.2. The van der Waals surface area contributed by atoms with Gasteiger partial charge in [0.1, 0.15) is 11.8 Å². The maximum absolute atomic E-state index is 12.5. The maximum Gasteiger partial charge on any atom is 0.252 e. The van der Waals surface area contributed by atoms with Crippen molar-refractivity contribution < 1.29 is 14.3 Å². The Hall–Kier alpha value is -2.04. The molecule has 1 atom stereocenters. The second kappa shape index (κ2) is 5.76. The highest BCUT2D eigenvalue weighted by Crippen LogP contribution is 2.31. The second-order valence-corrected chi connectivity index (χ2v) is 5.64. The third-order valence-corrected chi connectivity index (χ3v) is 4.31. The van der Waals surface area contributed by atoms with E-state index in [1.54, 1.807) is 7.11 Å². The van der Waals surface area contributed by atoms with Crippen molar-refractivity contribution in [1.82, 2.24) is 4.90 Å². The lowest BCUT2D eigenvalue weighted by Gasteiger charge is -2.22. The SMILES string of the molecule is COc1ccccc1NC1CC(=O)N(C2CCCC2)C1=O. The van der Waals surface area contributed by atoms with E-state index in [1.807, 2.05) is 24.3 Å². The average Bonchev–Trinajstić information content (AvgIpc) is 3.09. The van der Waals surface area contributed by atoms with Crippen LogP contribution in [0.15, 0.2) is 24.3 Å². The molecule has 5 nitrogen and oxygen atoms in total. The van der Waals surface area contributed by atoms with Crippen LogP contribution in [-0.4, -0.2) is 35.9 Å². The van der Waals surface area contributed by atoms with Crippen molar-refractivity contribution in [1.29, 1.82) is 0 Å². The molecule has 1 aliphatic heterocycles. The molecule has 2 aliphatic rings. The summed E-state index contributed by atoms with van der Waals surface area (Å²) in [6, 6.07) is 7.06. The van der Waals surface area contributed by atoms with Gasteiger partial charge in [0.25, 0.3) is 5.91 Å². The summed E-state index contributed by atoms with van der Waals surface area (Å²) < 4.78 is 5.27. The van der Waals surface area contributed by atoms with E-state index in [2.05, 4.69) is 5.32 Å². The highest BCUT2D eigenvalue weighted by atomic mass is 16.5. The van der Waals surface area contributed by atoms with Crippen molar-refractivity contribution in [3.63, 3.8) is 0 Å². The summed E-state index contributed by atoms with van der Waals surface area (Å²) in [5.41, 5.74) is 0.749. The Balaban J connectivity index is 1.75. The van der Waals surface area contributed by atoms with Gasteiger partial charge in [0.15, 0.2) is 0 Å². The van der Waals surface area contributed by atoms with Crippen molar-refractivity contribution >= 4 is 17.5 Å². The molecule has 1 unspecified atom stereocenters. The lowest BCUT2D eigenvalue weighted by Crippen LogP contribution is -2.41. The number of carbonyl (C=O) groups excluding carboxylic acids is 2. The van der Waals surface area contributed by atoms with Crippen LogP contribution < -0.4 is 10.1 Å². The maximum atomic E-state index is 12.5. The molecule has 5 heteroatoms. The predicted octanol–water partition coefficient (Wildman–Crippen LogP) is 2.18. The Morgan fingerprint density at radius 3 is 2.62 bits per heavy atom. The minimum atomic E-state index is -0.477. The molecule has 1 heterocycles. The van der Waals surface area contributed by atoms with Crippen molar-refractivity contribution in [3.05, 3.63) is 24.3 Å². The van der Waals surface area contributed by atoms with Gasteiger partial charge in [-0.2, -0.15) is 0 Å². The van der Waals surface area contributed by atoms with Crippen molar-refractivity contribution in [3.8, 4) is 5.75 Å². The third kappa shape index (κ3) is 2.60. The van der Waals surface area contributed by atoms with Crippen LogP contribution in [-0.2, 0) is 9.59 Å². The summed E-state index contributed by atoms with van der Waals surface area (Å²) in [7, 11) is 1.59. The van der Waals surface area contributed by atoms with Gasteiger partial charge >= 0.3 is 0 Å². The normalized spacial score (nSPS) is 22.9. The van der Waals surface area contributed by atoms with Gasteiger partial charge in [-0.15, -0.1) is 0 Å². The fourth-order valence-electron chi connectivity index (χ4n) is 3.26. The predicted molar refractivity (Wildman–Crippen MR) is 79.1 cm³/mol. The molecule has 0 bridgehead atoms. The van der Waals surface area contributed by atoms with Gasteiger partial charge in [-0.05, 0) is 25.0 Å². The van der Waals surface area contributed by atoms with E-state index in [1.165, 1.54) is 4.90 Å². The molecule has 21 heavy (non-hydrogen) atoms. The van der Waals surface area contributed by atoms with E-state index in [0.717, 1.165) is 31.4 Å². The van der Waals surface area contributed by atoms with Gasteiger partial charge in [0.2, 0.25) is 5.91 Å². The molecule has 3 rings (SSSR count). The van der Waals surface area contributed by atoms with Gasteiger partial charge in [-0.25, -0.2) is 0 Å². The Bertz CT molecular complexity index is 552. The number of para-hydroxylation sites is 2. The molecule has 112 valence electrons. The van der Waals surface area contributed by atoms with Gasteiger partial charge in [0.05, 0.1) is 19.2 Å². The smallest absolute Gasteiger partial charge is 0.252 e. The Morgan fingerprint density at radius 1 is 1.19 bits per heavy atom. The lowest BCUT2D eigenvalue weighted by atomic mass is 10.2. The highest BCUT2D eigenvalue weighted by molar-refractivity contribution is 6.07. The molecular weight excluding hydrogens is 268 g/mol. The Labute approximate surface area is 124 Å².